The third-order valence-corrected chi connectivity index (χ3v) is 4.80. The molecule has 8 heteroatoms. The lowest BCUT2D eigenvalue weighted by Gasteiger charge is -2.27. The maximum atomic E-state index is 14.2. The van der Waals surface area contributed by atoms with Crippen molar-refractivity contribution in [2.75, 3.05) is 11.4 Å². The first kappa shape index (κ1) is 17.5. The van der Waals surface area contributed by atoms with Gasteiger partial charge in [0.15, 0.2) is 5.78 Å². The molecule has 0 radical (unpaired) electrons. The van der Waals surface area contributed by atoms with E-state index in [0.29, 0.717) is 16.8 Å². The number of halogens is 4. The molecule has 0 N–H and O–H groups in total. The number of carbonyl (C=O) groups excluding carboxylic acids is 1. The van der Waals surface area contributed by atoms with Crippen LogP contribution < -0.4 is 4.90 Å². The summed E-state index contributed by atoms with van der Waals surface area (Å²) in [6, 6.07) is 4.94. The van der Waals surface area contributed by atoms with Crippen molar-refractivity contribution in [3.8, 4) is 0 Å². The van der Waals surface area contributed by atoms with Crippen LogP contribution in [0.4, 0.5) is 23.2 Å². The lowest BCUT2D eigenvalue weighted by Crippen LogP contribution is -2.27. The number of aromatic nitrogens is 2. The monoisotopic (exact) mass is 377 g/mol. The molecule has 1 saturated heterocycles. The van der Waals surface area contributed by atoms with Crippen molar-refractivity contribution in [2.45, 2.75) is 25.3 Å². The number of alkyl halides is 2. The Balaban J connectivity index is 1.82. The topological polar surface area (TPSA) is 37.6 Å². The molecule has 1 fully saturated rings. The SMILES string of the molecule is CC(=O)c1cnn2ccc(N3CC(F)(F)CC3c3cc(F)ccc3F)cc12. The Kier molecular flexibility index (Phi) is 3.94. The zero-order chi connectivity index (χ0) is 19.3. The van der Waals surface area contributed by atoms with Gasteiger partial charge in [-0.2, -0.15) is 5.10 Å². The number of hydrogen-bond donors (Lipinski definition) is 0. The number of carbonyl (C=O) groups is 1. The molecule has 4 nitrogen and oxygen atoms in total. The minimum atomic E-state index is -3.06. The fraction of sp³-hybridized carbons (Fsp3) is 0.263. The van der Waals surface area contributed by atoms with Crippen LogP contribution in [0.15, 0.2) is 42.7 Å². The van der Waals surface area contributed by atoms with E-state index in [0.717, 1.165) is 18.2 Å². The van der Waals surface area contributed by atoms with Gasteiger partial charge in [-0.05, 0) is 37.3 Å². The summed E-state index contributed by atoms with van der Waals surface area (Å²) < 4.78 is 57.7. The third-order valence-electron chi connectivity index (χ3n) is 4.80. The number of nitrogens with zero attached hydrogens (tertiary/aromatic N) is 3. The van der Waals surface area contributed by atoms with E-state index in [2.05, 4.69) is 5.10 Å². The zero-order valence-corrected chi connectivity index (χ0v) is 14.3. The summed E-state index contributed by atoms with van der Waals surface area (Å²) >= 11 is 0. The second-order valence-corrected chi connectivity index (χ2v) is 6.70. The maximum absolute atomic E-state index is 14.2. The normalized spacial score (nSPS) is 19.0. The minimum absolute atomic E-state index is 0.118. The van der Waals surface area contributed by atoms with Gasteiger partial charge in [0.2, 0.25) is 0 Å². The van der Waals surface area contributed by atoms with Crippen molar-refractivity contribution in [1.82, 2.24) is 9.61 Å². The average Bonchev–Trinajstić information content (AvgIpc) is 3.17. The molecular weight excluding hydrogens is 362 g/mol. The molecule has 3 aromatic rings. The molecule has 2 aromatic heterocycles. The fourth-order valence-corrected chi connectivity index (χ4v) is 3.56. The summed E-state index contributed by atoms with van der Waals surface area (Å²) in [5.41, 5.74) is 1.09. The van der Waals surface area contributed by atoms with Gasteiger partial charge < -0.3 is 4.90 Å². The average molecular weight is 377 g/mol. The summed E-state index contributed by atoms with van der Waals surface area (Å²) in [6.45, 7) is 0.756. The number of hydrogen-bond acceptors (Lipinski definition) is 3. The molecule has 0 aliphatic carbocycles. The molecule has 27 heavy (non-hydrogen) atoms. The predicted octanol–water partition coefficient (Wildman–Crippen LogP) is 4.40. The van der Waals surface area contributed by atoms with Crippen LogP contribution in [0.3, 0.4) is 0 Å². The van der Waals surface area contributed by atoms with E-state index < -0.39 is 36.6 Å². The first-order valence-corrected chi connectivity index (χ1v) is 8.33. The summed E-state index contributed by atoms with van der Waals surface area (Å²) in [5.74, 6) is -4.69. The Morgan fingerprint density at radius 3 is 2.74 bits per heavy atom. The molecule has 4 rings (SSSR count). The number of anilines is 1. The number of ketones is 1. The fourth-order valence-electron chi connectivity index (χ4n) is 3.56. The number of Topliss-reactive ketones (excluding diaryl/α,β-unsaturated/α-hetero) is 1. The minimum Gasteiger partial charge on any atom is -0.358 e. The van der Waals surface area contributed by atoms with Crippen LogP contribution in [0.1, 0.15) is 35.3 Å². The summed E-state index contributed by atoms with van der Waals surface area (Å²) in [4.78, 5) is 13.1. The lowest BCUT2D eigenvalue weighted by molar-refractivity contribution is 0.0222. The molecule has 140 valence electrons. The number of rotatable bonds is 3. The van der Waals surface area contributed by atoms with Crippen LogP contribution in [0.5, 0.6) is 0 Å². The van der Waals surface area contributed by atoms with Crippen molar-refractivity contribution >= 4 is 17.0 Å². The predicted molar refractivity (Wildman–Crippen MR) is 91.2 cm³/mol. The van der Waals surface area contributed by atoms with E-state index in [9.17, 15) is 22.4 Å². The highest BCUT2D eigenvalue weighted by molar-refractivity contribution is 6.00. The number of pyridine rings is 1. The second kappa shape index (κ2) is 6.07. The van der Waals surface area contributed by atoms with Crippen molar-refractivity contribution in [3.63, 3.8) is 0 Å². The van der Waals surface area contributed by atoms with Crippen molar-refractivity contribution < 1.29 is 22.4 Å². The van der Waals surface area contributed by atoms with Gasteiger partial charge >= 0.3 is 0 Å². The third kappa shape index (κ3) is 3.05. The first-order valence-electron chi connectivity index (χ1n) is 8.33. The smallest absolute Gasteiger partial charge is 0.267 e. The molecule has 0 spiro atoms. The Morgan fingerprint density at radius 1 is 1.22 bits per heavy atom. The van der Waals surface area contributed by atoms with E-state index in [1.807, 2.05) is 0 Å². The molecule has 1 unspecified atom stereocenters. The first-order chi connectivity index (χ1) is 12.7. The van der Waals surface area contributed by atoms with E-state index in [1.54, 1.807) is 18.3 Å². The van der Waals surface area contributed by atoms with Gasteiger partial charge in [-0.15, -0.1) is 0 Å². The molecule has 1 aliphatic rings. The summed E-state index contributed by atoms with van der Waals surface area (Å²) in [6.07, 6.45) is 2.33. The quantitative estimate of drug-likeness (QED) is 0.502. The molecular formula is C19H15F4N3O. The van der Waals surface area contributed by atoms with E-state index >= 15 is 0 Å². The molecule has 1 aliphatic heterocycles. The van der Waals surface area contributed by atoms with Crippen LogP contribution in [-0.2, 0) is 0 Å². The Morgan fingerprint density at radius 2 is 2.00 bits per heavy atom. The van der Waals surface area contributed by atoms with Gasteiger partial charge in [0.1, 0.15) is 11.6 Å². The van der Waals surface area contributed by atoms with Crippen molar-refractivity contribution in [1.29, 1.82) is 0 Å². The Bertz CT molecular complexity index is 1050. The summed E-state index contributed by atoms with van der Waals surface area (Å²) in [7, 11) is 0. The number of benzene rings is 1. The maximum Gasteiger partial charge on any atom is 0.267 e. The molecule has 3 heterocycles. The van der Waals surface area contributed by atoms with Crippen molar-refractivity contribution in [2.24, 2.45) is 0 Å². The molecule has 0 saturated carbocycles. The van der Waals surface area contributed by atoms with Crippen LogP contribution in [-0.4, -0.2) is 27.9 Å². The van der Waals surface area contributed by atoms with E-state index in [-0.39, 0.29) is 11.3 Å². The van der Waals surface area contributed by atoms with Crippen LogP contribution in [0.25, 0.3) is 5.52 Å². The Labute approximate surface area is 152 Å². The molecule has 1 atom stereocenters. The van der Waals surface area contributed by atoms with Crippen LogP contribution >= 0.6 is 0 Å². The number of fused-ring (bicyclic) bond motifs is 1. The van der Waals surface area contributed by atoms with Gasteiger partial charge in [0, 0.05) is 23.9 Å². The van der Waals surface area contributed by atoms with Gasteiger partial charge in [-0.1, -0.05) is 0 Å². The van der Waals surface area contributed by atoms with E-state index in [1.165, 1.54) is 22.5 Å². The highest BCUT2D eigenvalue weighted by Gasteiger charge is 2.46. The van der Waals surface area contributed by atoms with E-state index in [4.69, 9.17) is 0 Å². The van der Waals surface area contributed by atoms with Crippen molar-refractivity contribution in [3.05, 3.63) is 65.5 Å². The van der Waals surface area contributed by atoms with Gasteiger partial charge in [-0.3, -0.25) is 4.79 Å². The Hall–Kier alpha value is -2.90. The van der Waals surface area contributed by atoms with Crippen LogP contribution in [0.2, 0.25) is 0 Å². The van der Waals surface area contributed by atoms with Gasteiger partial charge in [-0.25, -0.2) is 22.1 Å². The van der Waals surface area contributed by atoms with Crippen LogP contribution in [0, 0.1) is 11.6 Å². The molecule has 1 aromatic carbocycles. The highest BCUT2D eigenvalue weighted by atomic mass is 19.3. The standard InChI is InChI=1S/C19H15F4N3O/c1-11(27)15-9-24-26-5-4-13(7-17(15)26)25-10-19(22,23)8-18(25)14-6-12(20)2-3-16(14)21/h2-7,9,18H,8,10H2,1H3. The van der Waals surface area contributed by atoms with Gasteiger partial charge in [0.25, 0.3) is 5.92 Å². The largest absolute Gasteiger partial charge is 0.358 e. The van der Waals surface area contributed by atoms with Gasteiger partial charge in [0.05, 0.1) is 29.9 Å². The highest BCUT2D eigenvalue weighted by Crippen LogP contribution is 2.44. The zero-order valence-electron chi connectivity index (χ0n) is 14.3. The summed E-state index contributed by atoms with van der Waals surface area (Å²) in [5, 5.41) is 4.06. The lowest BCUT2D eigenvalue weighted by atomic mass is 10.0. The molecule has 0 amide bonds. The second-order valence-electron chi connectivity index (χ2n) is 6.70. The molecule has 0 bridgehead atoms.